The van der Waals surface area contributed by atoms with Crippen molar-refractivity contribution in [2.24, 2.45) is 0 Å². The van der Waals surface area contributed by atoms with Crippen LogP contribution in [-0.4, -0.2) is 38.8 Å². The first-order valence-corrected chi connectivity index (χ1v) is 22.4. The van der Waals surface area contributed by atoms with Gasteiger partial charge >= 0.3 is 37.4 Å². The smallest absolute Gasteiger partial charge is 0.746 e. The van der Waals surface area contributed by atoms with E-state index in [1.807, 2.05) is 0 Å². The zero-order chi connectivity index (χ0) is 36.2. The standard InChI is InChI=1S/C42H77O7P.Na/c1-3-5-7-9-11-13-15-17-19-21-23-25-27-29-35-46-38-42(39-48-50(44,45)49-41-33-31-40(37-43)32-34-41)47-36-30-28-26-24-22-20-18-16-14-12-10-8-6-4-2;/h31-34,37,42H,3-30,35-36,38-39H2,1-2H3,(H,44,45);/q;+1/p-1. The molecule has 1 aromatic rings. The molecule has 0 bridgehead atoms. The second kappa shape index (κ2) is 38.1. The minimum absolute atomic E-state index is 0. The van der Waals surface area contributed by atoms with E-state index < -0.39 is 13.9 Å². The molecule has 2 atom stereocenters. The third-order valence-electron chi connectivity index (χ3n) is 9.45. The molecule has 7 nitrogen and oxygen atoms in total. The first-order valence-electron chi connectivity index (χ1n) is 20.9. The Morgan fingerprint density at radius 1 is 0.569 bits per heavy atom. The van der Waals surface area contributed by atoms with Gasteiger partial charge in [-0.25, -0.2) is 0 Å². The van der Waals surface area contributed by atoms with Crippen molar-refractivity contribution in [1.82, 2.24) is 0 Å². The summed E-state index contributed by atoms with van der Waals surface area (Å²) in [6, 6.07) is 5.85. The van der Waals surface area contributed by atoms with Crippen LogP contribution < -0.4 is 39.0 Å². The average molecular weight is 747 g/mol. The van der Waals surface area contributed by atoms with Gasteiger partial charge in [0.25, 0.3) is 0 Å². The molecule has 1 rings (SSSR count). The minimum atomic E-state index is -4.62. The summed E-state index contributed by atoms with van der Waals surface area (Å²) >= 11 is 0. The summed E-state index contributed by atoms with van der Waals surface area (Å²) in [5.41, 5.74) is 0.437. The van der Waals surface area contributed by atoms with Gasteiger partial charge in [0.1, 0.15) is 18.1 Å². The van der Waals surface area contributed by atoms with Gasteiger partial charge in [-0.15, -0.1) is 0 Å². The first kappa shape index (κ1) is 50.8. The predicted molar refractivity (Wildman–Crippen MR) is 207 cm³/mol. The van der Waals surface area contributed by atoms with E-state index in [1.165, 1.54) is 178 Å². The summed E-state index contributed by atoms with van der Waals surface area (Å²) in [7, 11) is -4.62. The fraction of sp³-hybridized carbons (Fsp3) is 0.833. The summed E-state index contributed by atoms with van der Waals surface area (Å²) in [4.78, 5) is 23.4. The summed E-state index contributed by atoms with van der Waals surface area (Å²) in [5, 5.41) is 0. The van der Waals surface area contributed by atoms with E-state index in [1.54, 1.807) is 0 Å². The molecule has 0 aromatic heterocycles. The van der Waals surface area contributed by atoms with Gasteiger partial charge in [0.05, 0.1) is 13.2 Å². The van der Waals surface area contributed by atoms with Gasteiger partial charge in [-0.3, -0.25) is 9.36 Å². The van der Waals surface area contributed by atoms with E-state index >= 15 is 0 Å². The van der Waals surface area contributed by atoms with Crippen LogP contribution in [0.2, 0.25) is 0 Å². The molecule has 0 radical (unpaired) electrons. The van der Waals surface area contributed by atoms with Gasteiger partial charge in [0.2, 0.25) is 0 Å². The quantitative estimate of drug-likeness (QED) is 0.0287. The Morgan fingerprint density at radius 3 is 1.33 bits per heavy atom. The van der Waals surface area contributed by atoms with Crippen LogP contribution in [0.25, 0.3) is 0 Å². The zero-order valence-electron chi connectivity index (χ0n) is 33.4. The molecular formula is C42H76NaO7P. The molecule has 0 aliphatic carbocycles. The number of unbranched alkanes of at least 4 members (excludes halogenated alkanes) is 26. The van der Waals surface area contributed by atoms with Crippen LogP contribution in [0.1, 0.15) is 204 Å². The third kappa shape index (κ3) is 34.0. The Balaban J connectivity index is 0.0000250. The number of hydrogen-bond donors (Lipinski definition) is 0. The normalized spacial score (nSPS) is 13.1. The van der Waals surface area contributed by atoms with Crippen molar-refractivity contribution in [3.05, 3.63) is 29.8 Å². The number of ether oxygens (including phenoxy) is 2. The van der Waals surface area contributed by atoms with Crippen molar-refractivity contribution in [1.29, 1.82) is 0 Å². The molecule has 0 amide bonds. The summed E-state index contributed by atoms with van der Waals surface area (Å²) in [5.74, 6) is 0.0999. The Bertz CT molecular complexity index is 917. The van der Waals surface area contributed by atoms with Gasteiger partial charge in [0, 0.05) is 18.8 Å². The molecule has 0 fully saturated rings. The Kier molecular flexibility index (Phi) is 37.9. The number of rotatable bonds is 39. The fourth-order valence-corrected chi connectivity index (χ4v) is 7.02. The second-order valence-corrected chi connectivity index (χ2v) is 15.6. The third-order valence-corrected chi connectivity index (χ3v) is 10.3. The van der Waals surface area contributed by atoms with Crippen LogP contribution in [-0.2, 0) is 18.6 Å². The van der Waals surface area contributed by atoms with E-state index in [-0.39, 0.29) is 48.5 Å². The predicted octanol–water partition coefficient (Wildman–Crippen LogP) is 9.73. The van der Waals surface area contributed by atoms with E-state index in [0.29, 0.717) is 25.1 Å². The largest absolute Gasteiger partial charge is 1.00 e. The van der Waals surface area contributed by atoms with Crippen LogP contribution >= 0.6 is 7.82 Å². The van der Waals surface area contributed by atoms with Crippen molar-refractivity contribution in [2.75, 3.05) is 26.4 Å². The van der Waals surface area contributed by atoms with Crippen molar-refractivity contribution in [2.45, 2.75) is 200 Å². The maximum Gasteiger partial charge on any atom is 1.00 e. The van der Waals surface area contributed by atoms with E-state index in [0.717, 1.165) is 25.7 Å². The summed E-state index contributed by atoms with van der Waals surface area (Å²) in [6.07, 6.45) is 36.7. The average Bonchev–Trinajstić information content (AvgIpc) is 3.11. The van der Waals surface area contributed by atoms with Crippen molar-refractivity contribution in [3.8, 4) is 5.75 Å². The molecular weight excluding hydrogens is 670 g/mol. The minimum Gasteiger partial charge on any atom is -0.746 e. The molecule has 0 spiro atoms. The summed E-state index contributed by atoms with van der Waals surface area (Å²) < 4.78 is 34.8. The zero-order valence-corrected chi connectivity index (χ0v) is 36.3. The van der Waals surface area contributed by atoms with Crippen molar-refractivity contribution in [3.63, 3.8) is 0 Å². The van der Waals surface area contributed by atoms with Crippen LogP contribution in [0.4, 0.5) is 0 Å². The maximum atomic E-state index is 12.5. The molecule has 0 saturated heterocycles. The SMILES string of the molecule is CCCCCCCCCCCCCCCCOCC(COP(=O)([O-])Oc1ccc(C=O)cc1)OCCCCCCCCCCCCCCCC.[Na+]. The van der Waals surface area contributed by atoms with Gasteiger partial charge in [-0.05, 0) is 37.1 Å². The van der Waals surface area contributed by atoms with Crippen LogP contribution in [0.15, 0.2) is 24.3 Å². The molecule has 292 valence electrons. The Hall–Kier alpha value is -0.240. The summed E-state index contributed by atoms with van der Waals surface area (Å²) in [6.45, 7) is 5.84. The molecule has 0 heterocycles. The molecule has 9 heteroatoms. The fourth-order valence-electron chi connectivity index (χ4n) is 6.24. The Labute approximate surface area is 336 Å². The Morgan fingerprint density at radius 2 is 0.941 bits per heavy atom. The number of phosphoric ester groups is 1. The van der Waals surface area contributed by atoms with Gasteiger partial charge in [-0.2, -0.15) is 0 Å². The van der Waals surface area contributed by atoms with Crippen LogP contribution in [0, 0.1) is 0 Å². The second-order valence-electron chi connectivity index (χ2n) is 14.3. The van der Waals surface area contributed by atoms with E-state index in [9.17, 15) is 14.3 Å². The van der Waals surface area contributed by atoms with Crippen LogP contribution in [0.3, 0.4) is 0 Å². The molecule has 0 saturated carbocycles. The molecule has 0 N–H and O–H groups in total. The number of benzene rings is 1. The number of carbonyl (C=O) groups excluding carboxylic acids is 1. The van der Waals surface area contributed by atoms with Crippen molar-refractivity contribution >= 4 is 14.1 Å². The molecule has 1 aromatic carbocycles. The number of aldehydes is 1. The van der Waals surface area contributed by atoms with Crippen LogP contribution in [0.5, 0.6) is 5.75 Å². The topological polar surface area (TPSA) is 94.1 Å². The van der Waals surface area contributed by atoms with E-state index in [4.69, 9.17) is 18.5 Å². The molecule has 2 unspecified atom stereocenters. The monoisotopic (exact) mass is 747 g/mol. The number of carbonyl (C=O) groups is 1. The van der Waals surface area contributed by atoms with Crippen molar-refractivity contribution < 1.29 is 62.3 Å². The van der Waals surface area contributed by atoms with Gasteiger partial charge in [0.15, 0.2) is 0 Å². The molecule has 51 heavy (non-hydrogen) atoms. The molecule has 0 aliphatic rings. The maximum absolute atomic E-state index is 12.5. The van der Waals surface area contributed by atoms with E-state index in [2.05, 4.69) is 13.8 Å². The number of hydrogen-bond acceptors (Lipinski definition) is 7. The number of phosphoric acid groups is 1. The molecule has 0 aliphatic heterocycles. The van der Waals surface area contributed by atoms with Gasteiger partial charge < -0.3 is 23.4 Å². The van der Waals surface area contributed by atoms with Gasteiger partial charge in [-0.1, -0.05) is 181 Å². The first-order chi connectivity index (χ1) is 24.5.